The fourth-order valence-corrected chi connectivity index (χ4v) is 4.11. The van der Waals surface area contributed by atoms with E-state index in [-0.39, 0.29) is 11.8 Å². The standard InChI is InChI=1S/C23H28Cl2N2O2S/c1-3-13-26-23(29)21(4-2)27(14-17-5-9-19(24)10-6-17)22(28)16-30-15-18-7-11-20(25)12-8-18/h5-12,21H,3-4,13-16H2,1-2H3,(H,26,29)/t21-/m0/s1. The van der Waals surface area contributed by atoms with Gasteiger partial charge in [-0.2, -0.15) is 0 Å². The van der Waals surface area contributed by atoms with Gasteiger partial charge in [0.2, 0.25) is 11.8 Å². The van der Waals surface area contributed by atoms with Crippen molar-refractivity contribution in [2.24, 2.45) is 0 Å². The highest BCUT2D eigenvalue weighted by Crippen LogP contribution is 2.19. The van der Waals surface area contributed by atoms with Gasteiger partial charge in [-0.15, -0.1) is 11.8 Å². The molecule has 1 atom stereocenters. The molecule has 0 aliphatic rings. The second-order valence-corrected chi connectivity index (χ2v) is 8.84. The summed E-state index contributed by atoms with van der Waals surface area (Å²) in [5, 5.41) is 4.26. The molecule has 162 valence electrons. The minimum absolute atomic E-state index is 0.0533. The molecular weight excluding hydrogens is 439 g/mol. The summed E-state index contributed by atoms with van der Waals surface area (Å²) in [5.74, 6) is 0.844. The molecule has 0 saturated heterocycles. The van der Waals surface area contributed by atoms with Crippen molar-refractivity contribution in [1.82, 2.24) is 10.2 Å². The van der Waals surface area contributed by atoms with Gasteiger partial charge in [-0.1, -0.05) is 61.3 Å². The Bertz CT molecular complexity index is 813. The van der Waals surface area contributed by atoms with E-state index >= 15 is 0 Å². The molecule has 0 radical (unpaired) electrons. The maximum absolute atomic E-state index is 13.1. The van der Waals surface area contributed by atoms with E-state index in [1.807, 2.05) is 50.2 Å². The molecule has 2 rings (SSSR count). The fourth-order valence-electron chi connectivity index (χ4n) is 2.99. The smallest absolute Gasteiger partial charge is 0.242 e. The van der Waals surface area contributed by atoms with Gasteiger partial charge in [0.15, 0.2) is 0 Å². The van der Waals surface area contributed by atoms with Gasteiger partial charge in [0.25, 0.3) is 0 Å². The van der Waals surface area contributed by atoms with Crippen molar-refractivity contribution in [2.45, 2.75) is 45.0 Å². The quantitative estimate of drug-likeness (QED) is 0.471. The van der Waals surface area contributed by atoms with E-state index in [0.29, 0.717) is 41.1 Å². The van der Waals surface area contributed by atoms with E-state index in [4.69, 9.17) is 23.2 Å². The van der Waals surface area contributed by atoms with Gasteiger partial charge in [-0.3, -0.25) is 9.59 Å². The molecular formula is C23H28Cl2N2O2S. The van der Waals surface area contributed by atoms with Crippen molar-refractivity contribution in [3.8, 4) is 0 Å². The average molecular weight is 467 g/mol. The van der Waals surface area contributed by atoms with E-state index in [0.717, 1.165) is 17.5 Å². The molecule has 0 fully saturated rings. The summed E-state index contributed by atoms with van der Waals surface area (Å²) in [7, 11) is 0. The number of halogens is 2. The lowest BCUT2D eigenvalue weighted by atomic mass is 10.1. The van der Waals surface area contributed by atoms with Crippen LogP contribution in [0.3, 0.4) is 0 Å². The second-order valence-electron chi connectivity index (χ2n) is 6.98. The Labute approximate surface area is 193 Å². The normalized spacial score (nSPS) is 11.7. The van der Waals surface area contributed by atoms with Crippen molar-refractivity contribution in [1.29, 1.82) is 0 Å². The first-order valence-electron chi connectivity index (χ1n) is 10.1. The van der Waals surface area contributed by atoms with Crippen molar-refractivity contribution in [3.63, 3.8) is 0 Å². The Hall–Kier alpha value is -1.69. The van der Waals surface area contributed by atoms with Gasteiger partial charge >= 0.3 is 0 Å². The van der Waals surface area contributed by atoms with Crippen molar-refractivity contribution in [3.05, 3.63) is 69.7 Å². The summed E-state index contributed by atoms with van der Waals surface area (Å²) in [5.41, 5.74) is 2.05. The third-order valence-corrected chi connectivity index (χ3v) is 6.10. The minimum Gasteiger partial charge on any atom is -0.354 e. The zero-order chi connectivity index (χ0) is 21.9. The van der Waals surface area contributed by atoms with Crippen LogP contribution in [0.1, 0.15) is 37.8 Å². The van der Waals surface area contributed by atoms with E-state index in [1.54, 1.807) is 17.0 Å². The molecule has 0 saturated carbocycles. The number of benzene rings is 2. The number of nitrogens with one attached hydrogen (secondary N) is 1. The zero-order valence-corrected chi connectivity index (χ0v) is 19.7. The van der Waals surface area contributed by atoms with Crippen LogP contribution in [0, 0.1) is 0 Å². The number of nitrogens with zero attached hydrogens (tertiary/aromatic N) is 1. The molecule has 0 aliphatic heterocycles. The van der Waals surface area contributed by atoms with Gasteiger partial charge in [-0.05, 0) is 48.2 Å². The van der Waals surface area contributed by atoms with Gasteiger partial charge in [-0.25, -0.2) is 0 Å². The molecule has 0 spiro atoms. The van der Waals surface area contributed by atoms with Gasteiger partial charge in [0.1, 0.15) is 6.04 Å². The summed E-state index contributed by atoms with van der Waals surface area (Å²) in [6, 6.07) is 14.5. The predicted octanol–water partition coefficient (Wildman–Crippen LogP) is 5.56. The van der Waals surface area contributed by atoms with Crippen molar-refractivity contribution in [2.75, 3.05) is 12.3 Å². The summed E-state index contributed by atoms with van der Waals surface area (Å²) in [4.78, 5) is 27.5. The van der Waals surface area contributed by atoms with Crippen molar-refractivity contribution < 1.29 is 9.59 Å². The maximum Gasteiger partial charge on any atom is 0.242 e. The van der Waals surface area contributed by atoms with Crippen LogP contribution in [0.2, 0.25) is 10.0 Å². The highest BCUT2D eigenvalue weighted by Gasteiger charge is 2.28. The summed E-state index contributed by atoms with van der Waals surface area (Å²) in [6.45, 7) is 4.91. The van der Waals surface area contributed by atoms with Crippen LogP contribution >= 0.6 is 35.0 Å². The van der Waals surface area contributed by atoms with Gasteiger partial charge in [0, 0.05) is 28.9 Å². The molecule has 0 unspecified atom stereocenters. The predicted molar refractivity (Wildman–Crippen MR) is 127 cm³/mol. The highest BCUT2D eigenvalue weighted by molar-refractivity contribution is 7.99. The molecule has 30 heavy (non-hydrogen) atoms. The van der Waals surface area contributed by atoms with E-state index in [9.17, 15) is 9.59 Å². The van der Waals surface area contributed by atoms with Gasteiger partial charge < -0.3 is 10.2 Å². The Morgan fingerprint density at radius 1 is 0.967 bits per heavy atom. The number of carbonyl (C=O) groups is 2. The average Bonchev–Trinajstić information content (AvgIpc) is 2.74. The Morgan fingerprint density at radius 3 is 2.07 bits per heavy atom. The Balaban J connectivity index is 2.09. The first kappa shape index (κ1) is 24.6. The lowest BCUT2D eigenvalue weighted by Gasteiger charge is -2.30. The number of thioether (sulfide) groups is 1. The van der Waals surface area contributed by atoms with E-state index in [2.05, 4.69) is 5.32 Å². The van der Waals surface area contributed by atoms with Crippen LogP contribution in [0.25, 0.3) is 0 Å². The van der Waals surface area contributed by atoms with Gasteiger partial charge in [0.05, 0.1) is 5.75 Å². The SMILES string of the molecule is CCCNC(=O)[C@H](CC)N(Cc1ccc(Cl)cc1)C(=O)CSCc1ccc(Cl)cc1. The molecule has 0 aromatic heterocycles. The third-order valence-electron chi connectivity index (χ3n) is 4.61. The fraction of sp³-hybridized carbons (Fsp3) is 0.391. The molecule has 1 N–H and O–H groups in total. The van der Waals surface area contributed by atoms with Crippen LogP contribution in [0.15, 0.2) is 48.5 Å². The molecule has 0 heterocycles. The molecule has 0 bridgehead atoms. The van der Waals surface area contributed by atoms with Crippen LogP contribution < -0.4 is 5.32 Å². The van der Waals surface area contributed by atoms with Crippen LogP contribution in [0.4, 0.5) is 0 Å². The number of amides is 2. The van der Waals surface area contributed by atoms with E-state index < -0.39 is 6.04 Å². The van der Waals surface area contributed by atoms with Crippen molar-refractivity contribution >= 4 is 46.8 Å². The molecule has 7 heteroatoms. The molecule has 2 amide bonds. The number of carbonyl (C=O) groups excluding carboxylic acids is 2. The summed E-state index contributed by atoms with van der Waals surface area (Å²) < 4.78 is 0. The van der Waals surface area contributed by atoms with Crippen LogP contribution in [-0.2, 0) is 21.9 Å². The molecule has 4 nitrogen and oxygen atoms in total. The van der Waals surface area contributed by atoms with Crippen LogP contribution in [-0.4, -0.2) is 35.1 Å². The minimum atomic E-state index is -0.504. The third kappa shape index (κ3) is 7.86. The maximum atomic E-state index is 13.1. The monoisotopic (exact) mass is 466 g/mol. The number of hydrogen-bond donors (Lipinski definition) is 1. The Kier molecular flexibility index (Phi) is 10.6. The largest absolute Gasteiger partial charge is 0.354 e. The zero-order valence-electron chi connectivity index (χ0n) is 17.4. The first-order chi connectivity index (χ1) is 14.4. The summed E-state index contributed by atoms with van der Waals surface area (Å²) >= 11 is 13.4. The second kappa shape index (κ2) is 12.9. The van der Waals surface area contributed by atoms with E-state index in [1.165, 1.54) is 11.8 Å². The topological polar surface area (TPSA) is 49.4 Å². The lowest BCUT2D eigenvalue weighted by molar-refractivity contribution is -0.139. The molecule has 0 aliphatic carbocycles. The number of hydrogen-bond acceptors (Lipinski definition) is 3. The Morgan fingerprint density at radius 2 is 1.53 bits per heavy atom. The van der Waals surface area contributed by atoms with Crippen LogP contribution in [0.5, 0.6) is 0 Å². The summed E-state index contributed by atoms with van der Waals surface area (Å²) in [6.07, 6.45) is 1.40. The molecule has 2 aromatic rings. The lowest BCUT2D eigenvalue weighted by Crippen LogP contribution is -2.49. The first-order valence-corrected chi connectivity index (χ1v) is 12.0. The molecule has 2 aromatic carbocycles. The highest BCUT2D eigenvalue weighted by atomic mass is 35.5. The number of rotatable bonds is 11.